The fraction of sp³-hybridized carbons (Fsp3) is 0.208. The normalized spacial score (nSPS) is 16.9. The minimum atomic E-state index is -0.779. The Labute approximate surface area is 208 Å². The number of esters is 1. The third kappa shape index (κ3) is 3.81. The van der Waals surface area contributed by atoms with Crippen LogP contribution in [0.2, 0.25) is 10.0 Å². The number of nitrogens with zero attached hydrogens (tertiary/aromatic N) is 2. The van der Waals surface area contributed by atoms with Gasteiger partial charge in [-0.15, -0.1) is 0 Å². The van der Waals surface area contributed by atoms with Gasteiger partial charge in [0, 0.05) is 11.1 Å². The van der Waals surface area contributed by atoms with E-state index in [9.17, 15) is 9.59 Å². The van der Waals surface area contributed by atoms with Crippen molar-refractivity contribution < 1.29 is 19.0 Å². The van der Waals surface area contributed by atoms with Crippen LogP contribution in [0.25, 0.3) is 6.08 Å². The number of carbonyl (C=O) groups excluding carboxylic acids is 1. The molecule has 1 unspecified atom stereocenters. The van der Waals surface area contributed by atoms with Crippen molar-refractivity contribution in [2.45, 2.75) is 19.9 Å². The summed E-state index contributed by atoms with van der Waals surface area (Å²) < 4.78 is 18.0. The molecule has 7 nitrogen and oxygen atoms in total. The first-order chi connectivity index (χ1) is 16.4. The molecule has 2 aliphatic heterocycles. The van der Waals surface area contributed by atoms with Crippen molar-refractivity contribution in [2.24, 2.45) is 4.99 Å². The lowest BCUT2D eigenvalue weighted by molar-refractivity contribution is -0.139. The predicted molar refractivity (Wildman–Crippen MR) is 129 cm³/mol. The Balaban J connectivity index is 1.73. The Bertz CT molecular complexity index is 1540. The Morgan fingerprint density at radius 1 is 1.24 bits per heavy atom. The highest BCUT2D eigenvalue weighted by Gasteiger charge is 2.34. The SMILES string of the molecule is CCOC(=O)C1=C(C)N=c2s/c(=C\c3cc4c(cc3Cl)OCO4)c(=O)n2C1c1ccccc1Cl. The zero-order valence-electron chi connectivity index (χ0n) is 18.1. The summed E-state index contributed by atoms with van der Waals surface area (Å²) >= 11 is 14.1. The molecule has 0 saturated heterocycles. The molecular weight excluding hydrogens is 499 g/mol. The smallest absolute Gasteiger partial charge is 0.338 e. The summed E-state index contributed by atoms with van der Waals surface area (Å²) in [6.45, 7) is 3.76. The zero-order valence-corrected chi connectivity index (χ0v) is 20.5. The van der Waals surface area contributed by atoms with E-state index in [4.69, 9.17) is 37.4 Å². The monoisotopic (exact) mass is 516 g/mol. The molecular formula is C24H18Cl2N2O5S. The van der Waals surface area contributed by atoms with E-state index in [0.29, 0.717) is 47.7 Å². The first-order valence-corrected chi connectivity index (χ1v) is 12.0. The highest BCUT2D eigenvalue weighted by molar-refractivity contribution is 7.07. The van der Waals surface area contributed by atoms with Gasteiger partial charge in [0.25, 0.3) is 5.56 Å². The minimum absolute atomic E-state index is 0.116. The lowest BCUT2D eigenvalue weighted by atomic mass is 9.96. The van der Waals surface area contributed by atoms with Crippen LogP contribution in [-0.4, -0.2) is 23.9 Å². The molecule has 0 radical (unpaired) electrons. The van der Waals surface area contributed by atoms with Crippen LogP contribution in [0.15, 0.2) is 57.5 Å². The molecule has 0 bridgehead atoms. The van der Waals surface area contributed by atoms with Crippen molar-refractivity contribution in [2.75, 3.05) is 13.4 Å². The van der Waals surface area contributed by atoms with Gasteiger partial charge in [-0.2, -0.15) is 0 Å². The molecule has 0 spiro atoms. The number of aromatic nitrogens is 1. The molecule has 2 aromatic carbocycles. The van der Waals surface area contributed by atoms with Gasteiger partial charge >= 0.3 is 5.97 Å². The van der Waals surface area contributed by atoms with E-state index in [1.165, 1.54) is 15.9 Å². The number of rotatable bonds is 4. The van der Waals surface area contributed by atoms with Crippen molar-refractivity contribution in [3.05, 3.63) is 88.5 Å². The summed E-state index contributed by atoms with van der Waals surface area (Å²) in [5.74, 6) is 0.566. The molecule has 0 amide bonds. The molecule has 0 aliphatic carbocycles. The van der Waals surface area contributed by atoms with Crippen molar-refractivity contribution in [1.29, 1.82) is 0 Å². The lowest BCUT2D eigenvalue weighted by Gasteiger charge is -2.25. The molecule has 3 aromatic rings. The van der Waals surface area contributed by atoms with Gasteiger partial charge in [-0.3, -0.25) is 9.36 Å². The Hall–Kier alpha value is -3.07. The Kier molecular flexibility index (Phi) is 5.97. The highest BCUT2D eigenvalue weighted by Crippen LogP contribution is 2.37. The maximum Gasteiger partial charge on any atom is 0.338 e. The number of thiazole rings is 1. The first-order valence-electron chi connectivity index (χ1n) is 10.4. The van der Waals surface area contributed by atoms with E-state index in [1.807, 2.05) is 6.07 Å². The Morgan fingerprint density at radius 3 is 2.71 bits per heavy atom. The van der Waals surface area contributed by atoms with Crippen LogP contribution < -0.4 is 24.4 Å². The largest absolute Gasteiger partial charge is 0.463 e. The quantitative estimate of drug-likeness (QED) is 0.492. The lowest BCUT2D eigenvalue weighted by Crippen LogP contribution is -2.40. The highest BCUT2D eigenvalue weighted by atomic mass is 35.5. The fourth-order valence-corrected chi connectivity index (χ4v) is 5.45. The third-order valence-corrected chi connectivity index (χ3v) is 7.15. The van der Waals surface area contributed by atoms with Gasteiger partial charge in [0.2, 0.25) is 6.79 Å². The summed E-state index contributed by atoms with van der Waals surface area (Å²) in [5.41, 5.74) is 1.63. The van der Waals surface area contributed by atoms with Gasteiger partial charge in [-0.1, -0.05) is 52.7 Å². The molecule has 34 heavy (non-hydrogen) atoms. The van der Waals surface area contributed by atoms with Crippen molar-refractivity contribution in [3.63, 3.8) is 0 Å². The molecule has 3 heterocycles. The van der Waals surface area contributed by atoms with Crippen LogP contribution in [0.1, 0.15) is 31.0 Å². The van der Waals surface area contributed by atoms with E-state index in [2.05, 4.69) is 4.99 Å². The standard InChI is InChI=1S/C24H18Cl2N2O5S/c1-3-31-23(30)20-12(2)27-24-28(21(20)14-6-4-5-7-15(14)25)22(29)19(34-24)9-13-8-17-18(10-16(13)26)33-11-32-17/h4-10,21H,3,11H2,1-2H3/b19-9-. The van der Waals surface area contributed by atoms with Crippen LogP contribution in [0.5, 0.6) is 11.5 Å². The van der Waals surface area contributed by atoms with Crippen LogP contribution in [0.3, 0.4) is 0 Å². The second-order valence-corrected chi connectivity index (χ2v) is 9.37. The van der Waals surface area contributed by atoms with E-state index >= 15 is 0 Å². The molecule has 174 valence electrons. The molecule has 10 heteroatoms. The number of halogens is 2. The number of ether oxygens (including phenoxy) is 3. The van der Waals surface area contributed by atoms with Gasteiger partial charge in [0.1, 0.15) is 6.04 Å². The van der Waals surface area contributed by atoms with Crippen LogP contribution in [-0.2, 0) is 9.53 Å². The van der Waals surface area contributed by atoms with Gasteiger partial charge in [0.15, 0.2) is 16.3 Å². The molecule has 1 aromatic heterocycles. The topological polar surface area (TPSA) is 79.1 Å². The van der Waals surface area contributed by atoms with E-state index in [-0.39, 0.29) is 24.5 Å². The second kappa shape index (κ2) is 8.94. The average molecular weight is 517 g/mol. The van der Waals surface area contributed by atoms with E-state index < -0.39 is 12.0 Å². The predicted octanol–water partition coefficient (Wildman–Crippen LogP) is 3.83. The number of hydrogen-bond donors (Lipinski definition) is 0. The van der Waals surface area contributed by atoms with Crippen LogP contribution in [0.4, 0.5) is 0 Å². The number of carbonyl (C=O) groups is 1. The van der Waals surface area contributed by atoms with Gasteiger partial charge in [-0.25, -0.2) is 9.79 Å². The van der Waals surface area contributed by atoms with Gasteiger partial charge < -0.3 is 14.2 Å². The van der Waals surface area contributed by atoms with E-state index in [0.717, 1.165) is 0 Å². The number of fused-ring (bicyclic) bond motifs is 2. The average Bonchev–Trinajstić information content (AvgIpc) is 3.37. The summed E-state index contributed by atoms with van der Waals surface area (Å²) in [6.07, 6.45) is 1.68. The van der Waals surface area contributed by atoms with Crippen molar-refractivity contribution in [3.8, 4) is 11.5 Å². The molecule has 0 N–H and O–H groups in total. The molecule has 0 saturated carbocycles. The minimum Gasteiger partial charge on any atom is -0.463 e. The molecule has 0 fully saturated rings. The molecule has 1 atom stereocenters. The first kappa shape index (κ1) is 22.7. The Morgan fingerprint density at radius 2 is 1.97 bits per heavy atom. The molecule has 5 rings (SSSR count). The fourth-order valence-electron chi connectivity index (χ4n) is 3.97. The van der Waals surface area contributed by atoms with Crippen molar-refractivity contribution in [1.82, 2.24) is 4.57 Å². The maximum atomic E-state index is 13.7. The van der Waals surface area contributed by atoms with Gasteiger partial charge in [-0.05, 0) is 43.2 Å². The molecule has 2 aliphatic rings. The van der Waals surface area contributed by atoms with Crippen molar-refractivity contribution >= 4 is 46.6 Å². The maximum absolute atomic E-state index is 13.7. The van der Waals surface area contributed by atoms with E-state index in [1.54, 1.807) is 50.3 Å². The van der Waals surface area contributed by atoms with Gasteiger partial charge in [0.05, 0.1) is 27.4 Å². The van der Waals surface area contributed by atoms with Crippen LogP contribution >= 0.6 is 34.5 Å². The summed E-state index contributed by atoms with van der Waals surface area (Å²) in [5, 5.41) is 0.846. The van der Waals surface area contributed by atoms with Crippen LogP contribution in [0, 0.1) is 0 Å². The second-order valence-electron chi connectivity index (χ2n) is 7.55. The zero-order chi connectivity index (χ0) is 24.0. The summed E-state index contributed by atoms with van der Waals surface area (Å²) in [6, 6.07) is 9.71. The number of benzene rings is 2. The number of hydrogen-bond acceptors (Lipinski definition) is 7. The third-order valence-electron chi connectivity index (χ3n) is 5.50. The number of allylic oxidation sites excluding steroid dienone is 1. The summed E-state index contributed by atoms with van der Waals surface area (Å²) in [7, 11) is 0. The summed E-state index contributed by atoms with van der Waals surface area (Å²) in [4.78, 5) is 31.6.